The molecule has 5 heteroatoms. The second-order valence-corrected chi connectivity index (χ2v) is 5.90. The van der Waals surface area contributed by atoms with E-state index in [2.05, 4.69) is 0 Å². The van der Waals surface area contributed by atoms with E-state index in [4.69, 9.17) is 4.42 Å². The van der Waals surface area contributed by atoms with Gasteiger partial charge in [-0.3, -0.25) is 4.79 Å². The number of carbonyl (C=O) groups is 1. The predicted octanol–water partition coefficient (Wildman–Crippen LogP) is 3.90. The van der Waals surface area contributed by atoms with Crippen LogP contribution in [0.15, 0.2) is 39.8 Å². The van der Waals surface area contributed by atoms with Crippen molar-refractivity contribution in [2.45, 2.75) is 24.5 Å². The van der Waals surface area contributed by atoms with Gasteiger partial charge in [0.05, 0.1) is 6.04 Å². The molecule has 0 bridgehead atoms. The summed E-state index contributed by atoms with van der Waals surface area (Å²) in [6.07, 6.45) is 2.64. The second kappa shape index (κ2) is 5.56. The summed E-state index contributed by atoms with van der Waals surface area (Å²) in [5.41, 5.74) is 1.99. The van der Waals surface area contributed by atoms with E-state index >= 15 is 0 Å². The number of nitrogens with zero attached hydrogens (tertiary/aromatic N) is 1. The largest absolute Gasteiger partial charge is 0.445 e. The molecule has 0 radical (unpaired) electrons. The molecule has 1 aliphatic heterocycles. The highest BCUT2D eigenvalue weighted by Gasteiger charge is 2.30. The zero-order valence-electron chi connectivity index (χ0n) is 11.9. The molecule has 3 rings (SSSR count). The summed E-state index contributed by atoms with van der Waals surface area (Å²) in [5.74, 6) is -0.0682. The maximum Gasteiger partial charge on any atom is 0.290 e. The zero-order valence-corrected chi connectivity index (χ0v) is 12.7. The van der Waals surface area contributed by atoms with Gasteiger partial charge in [-0.1, -0.05) is 17.8 Å². The molecule has 1 unspecified atom stereocenters. The molecule has 110 valence electrons. The number of benzene rings is 1. The van der Waals surface area contributed by atoms with Crippen LogP contribution in [0.3, 0.4) is 0 Å². The molecular weight excluding hydrogens is 289 g/mol. The van der Waals surface area contributed by atoms with Crippen LogP contribution in [0.1, 0.15) is 34.6 Å². The first-order valence-electron chi connectivity index (χ1n) is 6.83. The van der Waals surface area contributed by atoms with Crippen molar-refractivity contribution in [3.05, 3.63) is 53.0 Å². The van der Waals surface area contributed by atoms with Crippen LogP contribution in [0, 0.1) is 5.82 Å². The Balaban J connectivity index is 1.88. The molecule has 3 nitrogen and oxygen atoms in total. The molecule has 1 amide bonds. The lowest BCUT2D eigenvalue weighted by atomic mass is 9.93. The SMILES string of the molecule is CSc1ccc(C(=O)N2CCc3ccc(F)cc3C2C)o1. The third-order valence-corrected chi connectivity index (χ3v) is 4.52. The van der Waals surface area contributed by atoms with Crippen molar-refractivity contribution < 1.29 is 13.6 Å². The number of hydrogen-bond donors (Lipinski definition) is 0. The van der Waals surface area contributed by atoms with Crippen LogP contribution in [0.25, 0.3) is 0 Å². The Labute approximate surface area is 127 Å². The number of amides is 1. The summed E-state index contributed by atoms with van der Waals surface area (Å²) in [5, 5.41) is 0.717. The van der Waals surface area contributed by atoms with E-state index in [0.29, 0.717) is 12.3 Å². The Bertz CT molecular complexity index is 683. The van der Waals surface area contributed by atoms with Crippen LogP contribution in [0.4, 0.5) is 4.39 Å². The summed E-state index contributed by atoms with van der Waals surface area (Å²) in [4.78, 5) is 14.3. The normalized spacial score (nSPS) is 17.7. The molecule has 1 atom stereocenters. The van der Waals surface area contributed by atoms with Gasteiger partial charge in [-0.25, -0.2) is 4.39 Å². The number of fused-ring (bicyclic) bond motifs is 1. The zero-order chi connectivity index (χ0) is 15.0. The van der Waals surface area contributed by atoms with Crippen LogP contribution in [0.2, 0.25) is 0 Å². The Morgan fingerprint density at radius 2 is 2.19 bits per heavy atom. The van der Waals surface area contributed by atoms with Gasteiger partial charge >= 0.3 is 0 Å². The number of hydrogen-bond acceptors (Lipinski definition) is 3. The van der Waals surface area contributed by atoms with Gasteiger partial charge in [-0.15, -0.1) is 0 Å². The van der Waals surface area contributed by atoms with E-state index < -0.39 is 0 Å². The Hall–Kier alpha value is -1.75. The van der Waals surface area contributed by atoms with E-state index in [9.17, 15) is 9.18 Å². The van der Waals surface area contributed by atoms with Crippen LogP contribution in [0.5, 0.6) is 0 Å². The van der Waals surface area contributed by atoms with E-state index in [0.717, 1.165) is 22.6 Å². The molecule has 1 aliphatic rings. The summed E-state index contributed by atoms with van der Waals surface area (Å²) >= 11 is 1.46. The average Bonchev–Trinajstić information content (AvgIpc) is 2.96. The van der Waals surface area contributed by atoms with E-state index in [-0.39, 0.29) is 17.8 Å². The van der Waals surface area contributed by atoms with Crippen molar-refractivity contribution in [2.75, 3.05) is 12.8 Å². The Kier molecular flexibility index (Phi) is 3.76. The Morgan fingerprint density at radius 3 is 2.90 bits per heavy atom. The minimum atomic E-state index is -0.266. The lowest BCUT2D eigenvalue weighted by Crippen LogP contribution is -2.38. The van der Waals surface area contributed by atoms with E-state index in [1.807, 2.05) is 19.2 Å². The molecule has 21 heavy (non-hydrogen) atoms. The molecule has 2 heterocycles. The van der Waals surface area contributed by atoms with Crippen molar-refractivity contribution in [3.8, 4) is 0 Å². The third kappa shape index (κ3) is 2.58. The molecule has 1 aromatic heterocycles. The summed E-state index contributed by atoms with van der Waals surface area (Å²) in [7, 11) is 0. The second-order valence-electron chi connectivity index (χ2n) is 5.09. The van der Waals surface area contributed by atoms with Gasteiger partial charge in [0.15, 0.2) is 10.9 Å². The highest BCUT2D eigenvalue weighted by Crippen LogP contribution is 2.31. The highest BCUT2D eigenvalue weighted by molar-refractivity contribution is 7.98. The lowest BCUT2D eigenvalue weighted by Gasteiger charge is -2.34. The number of carbonyl (C=O) groups excluding carboxylic acids is 1. The van der Waals surface area contributed by atoms with Crippen molar-refractivity contribution in [1.29, 1.82) is 0 Å². The fourth-order valence-electron chi connectivity index (χ4n) is 2.75. The van der Waals surface area contributed by atoms with E-state index in [1.165, 1.54) is 23.9 Å². The highest BCUT2D eigenvalue weighted by atomic mass is 32.2. The third-order valence-electron chi connectivity index (χ3n) is 3.90. The number of halogens is 1. The maximum absolute atomic E-state index is 13.4. The molecular formula is C16H16FNO2S. The van der Waals surface area contributed by atoms with E-state index in [1.54, 1.807) is 17.0 Å². The fourth-order valence-corrected chi connectivity index (χ4v) is 3.13. The van der Waals surface area contributed by atoms with Gasteiger partial charge in [-0.2, -0.15) is 0 Å². The molecule has 0 N–H and O–H groups in total. The number of thioether (sulfide) groups is 1. The molecule has 0 saturated heterocycles. The summed E-state index contributed by atoms with van der Waals surface area (Å²) in [6.45, 7) is 2.54. The van der Waals surface area contributed by atoms with Crippen molar-refractivity contribution >= 4 is 17.7 Å². The van der Waals surface area contributed by atoms with Gasteiger partial charge in [0.1, 0.15) is 5.82 Å². The first-order valence-corrected chi connectivity index (χ1v) is 8.05. The predicted molar refractivity (Wildman–Crippen MR) is 80.0 cm³/mol. The fraction of sp³-hybridized carbons (Fsp3) is 0.312. The monoisotopic (exact) mass is 305 g/mol. The minimum absolute atomic E-state index is 0.141. The van der Waals surface area contributed by atoms with Crippen LogP contribution >= 0.6 is 11.8 Å². The molecule has 1 aromatic carbocycles. The minimum Gasteiger partial charge on any atom is -0.445 e. The molecule has 0 aliphatic carbocycles. The van der Waals surface area contributed by atoms with Gasteiger partial charge in [-0.05, 0) is 55.0 Å². The average molecular weight is 305 g/mol. The topological polar surface area (TPSA) is 33.5 Å². The number of rotatable bonds is 2. The lowest BCUT2D eigenvalue weighted by molar-refractivity contribution is 0.0639. The Morgan fingerprint density at radius 1 is 1.38 bits per heavy atom. The first-order chi connectivity index (χ1) is 10.1. The molecule has 0 fully saturated rings. The van der Waals surface area contributed by atoms with Crippen molar-refractivity contribution in [2.24, 2.45) is 0 Å². The van der Waals surface area contributed by atoms with Crippen LogP contribution in [-0.4, -0.2) is 23.6 Å². The summed E-state index contributed by atoms with van der Waals surface area (Å²) in [6, 6.07) is 8.14. The van der Waals surface area contributed by atoms with Crippen molar-refractivity contribution in [1.82, 2.24) is 4.90 Å². The summed E-state index contributed by atoms with van der Waals surface area (Å²) < 4.78 is 18.9. The van der Waals surface area contributed by atoms with Crippen molar-refractivity contribution in [3.63, 3.8) is 0 Å². The van der Waals surface area contributed by atoms with Gasteiger partial charge in [0.25, 0.3) is 5.91 Å². The van der Waals surface area contributed by atoms with Crippen LogP contribution in [-0.2, 0) is 6.42 Å². The number of furan rings is 1. The van der Waals surface area contributed by atoms with Gasteiger partial charge < -0.3 is 9.32 Å². The smallest absolute Gasteiger partial charge is 0.290 e. The van der Waals surface area contributed by atoms with Gasteiger partial charge in [0.2, 0.25) is 0 Å². The first kappa shape index (κ1) is 14.2. The van der Waals surface area contributed by atoms with Gasteiger partial charge in [0, 0.05) is 6.54 Å². The quantitative estimate of drug-likeness (QED) is 0.789. The van der Waals surface area contributed by atoms with Crippen LogP contribution < -0.4 is 0 Å². The maximum atomic E-state index is 13.4. The standard InChI is InChI=1S/C16H16FNO2S/c1-10-13-9-12(17)4-3-11(13)7-8-18(10)16(19)14-5-6-15(20-14)21-2/h3-6,9-10H,7-8H2,1-2H3. The molecule has 2 aromatic rings. The molecule has 0 spiro atoms. The molecule has 0 saturated carbocycles.